The van der Waals surface area contributed by atoms with Gasteiger partial charge in [-0.1, -0.05) is 55.0 Å². The fourth-order valence-electron chi connectivity index (χ4n) is 3.16. The SMILES string of the molecule is C=C(C)C(=O)OCCOc1cccc(C#Cc2ccc(C#Cc3ccccc3OCCOC(=O)C(=C)C)cc2F)c1. The third-order valence-corrected chi connectivity index (χ3v) is 5.23. The van der Waals surface area contributed by atoms with Gasteiger partial charge in [-0.3, -0.25) is 0 Å². The van der Waals surface area contributed by atoms with Crippen LogP contribution in [0.1, 0.15) is 36.1 Å². The van der Waals surface area contributed by atoms with Crippen molar-refractivity contribution in [2.24, 2.45) is 0 Å². The average molecular weight is 553 g/mol. The number of carbonyl (C=O) groups is 2. The number of rotatable bonds is 10. The van der Waals surface area contributed by atoms with Crippen LogP contribution in [0.15, 0.2) is 91.0 Å². The molecule has 0 aliphatic heterocycles. The molecule has 0 bridgehead atoms. The summed E-state index contributed by atoms with van der Waals surface area (Å²) in [6.07, 6.45) is 0. The van der Waals surface area contributed by atoms with Gasteiger partial charge in [0.1, 0.15) is 43.7 Å². The maximum Gasteiger partial charge on any atom is 0.333 e. The number of hydrogen-bond acceptors (Lipinski definition) is 6. The maximum atomic E-state index is 14.8. The molecule has 0 radical (unpaired) electrons. The Bertz CT molecular complexity index is 1560. The molecule has 0 saturated carbocycles. The van der Waals surface area contributed by atoms with Crippen molar-refractivity contribution in [3.8, 4) is 35.2 Å². The highest BCUT2D eigenvalue weighted by atomic mass is 19.1. The van der Waals surface area contributed by atoms with Gasteiger partial charge < -0.3 is 18.9 Å². The molecule has 0 aliphatic rings. The van der Waals surface area contributed by atoms with Crippen LogP contribution in [-0.4, -0.2) is 38.4 Å². The Kier molecular flexibility index (Phi) is 11.3. The summed E-state index contributed by atoms with van der Waals surface area (Å²) in [4.78, 5) is 22.9. The lowest BCUT2D eigenvalue weighted by molar-refractivity contribution is -0.140. The van der Waals surface area contributed by atoms with E-state index in [4.69, 9.17) is 18.9 Å². The normalized spacial score (nSPS) is 9.73. The van der Waals surface area contributed by atoms with E-state index < -0.39 is 17.8 Å². The van der Waals surface area contributed by atoms with E-state index in [1.807, 2.05) is 6.07 Å². The van der Waals surface area contributed by atoms with Crippen molar-refractivity contribution in [1.82, 2.24) is 0 Å². The monoisotopic (exact) mass is 552 g/mol. The van der Waals surface area contributed by atoms with Gasteiger partial charge in [0.15, 0.2) is 0 Å². The second kappa shape index (κ2) is 15.4. The minimum absolute atomic E-state index is 0.0749. The summed E-state index contributed by atoms with van der Waals surface area (Å²) >= 11 is 0. The van der Waals surface area contributed by atoms with E-state index in [9.17, 15) is 14.0 Å². The second-order valence-corrected chi connectivity index (χ2v) is 8.75. The van der Waals surface area contributed by atoms with Gasteiger partial charge in [0.05, 0.1) is 11.1 Å². The number of hydrogen-bond donors (Lipinski definition) is 0. The molecule has 0 N–H and O–H groups in total. The third kappa shape index (κ3) is 10.1. The van der Waals surface area contributed by atoms with Crippen LogP contribution in [0.4, 0.5) is 4.39 Å². The molecule has 0 aliphatic carbocycles. The zero-order valence-electron chi connectivity index (χ0n) is 22.9. The molecule has 0 amide bonds. The first-order valence-electron chi connectivity index (χ1n) is 12.7. The molecule has 3 aromatic carbocycles. The zero-order valence-corrected chi connectivity index (χ0v) is 22.9. The van der Waals surface area contributed by atoms with Gasteiger partial charge in [-0.05, 0) is 62.4 Å². The van der Waals surface area contributed by atoms with Crippen LogP contribution in [0, 0.1) is 29.5 Å². The molecular weight excluding hydrogens is 523 g/mol. The fourth-order valence-corrected chi connectivity index (χ4v) is 3.16. The molecule has 0 fully saturated rings. The van der Waals surface area contributed by atoms with E-state index in [1.165, 1.54) is 6.07 Å². The van der Waals surface area contributed by atoms with E-state index in [0.717, 1.165) is 0 Å². The van der Waals surface area contributed by atoms with E-state index in [1.54, 1.807) is 68.4 Å². The van der Waals surface area contributed by atoms with E-state index in [-0.39, 0.29) is 32.0 Å². The summed E-state index contributed by atoms with van der Waals surface area (Å²) < 4.78 is 36.1. The zero-order chi connectivity index (χ0) is 29.6. The smallest absolute Gasteiger partial charge is 0.333 e. The number of esters is 2. The predicted octanol–water partition coefficient (Wildman–Crippen LogP) is 5.62. The quantitative estimate of drug-likeness (QED) is 0.141. The molecule has 0 unspecified atom stereocenters. The molecule has 0 spiro atoms. The maximum absolute atomic E-state index is 14.8. The standard InChI is InChI=1S/C34H29FO6/c1-24(2)33(36)40-20-18-38-30-10-7-8-26(22-30)12-15-28-16-13-27(23-31(28)35)14-17-29-9-5-6-11-32(29)39-19-21-41-34(37)25(3)4/h5-11,13,16,22-23H,1,3,18-21H2,2,4H3. The molecule has 3 rings (SSSR count). The highest BCUT2D eigenvalue weighted by molar-refractivity contribution is 5.87. The highest BCUT2D eigenvalue weighted by Gasteiger charge is 2.06. The van der Waals surface area contributed by atoms with Crippen LogP contribution in [0.5, 0.6) is 11.5 Å². The number of halogens is 1. The molecule has 208 valence electrons. The molecule has 0 heterocycles. The van der Waals surface area contributed by atoms with Gasteiger partial charge in [0.25, 0.3) is 0 Å². The van der Waals surface area contributed by atoms with Gasteiger partial charge in [0.2, 0.25) is 0 Å². The van der Waals surface area contributed by atoms with Crippen LogP contribution < -0.4 is 9.47 Å². The largest absolute Gasteiger partial charge is 0.490 e. The number of para-hydroxylation sites is 1. The Labute approximate surface area is 239 Å². The number of carbonyl (C=O) groups excluding carboxylic acids is 2. The van der Waals surface area contributed by atoms with Crippen LogP contribution >= 0.6 is 0 Å². The van der Waals surface area contributed by atoms with Crippen molar-refractivity contribution in [1.29, 1.82) is 0 Å². The Balaban J connectivity index is 1.61. The summed E-state index contributed by atoms with van der Waals surface area (Å²) in [6, 6.07) is 18.8. The third-order valence-electron chi connectivity index (χ3n) is 5.23. The van der Waals surface area contributed by atoms with Gasteiger partial charge in [-0.15, -0.1) is 0 Å². The summed E-state index contributed by atoms with van der Waals surface area (Å²) in [7, 11) is 0. The van der Waals surface area contributed by atoms with Crippen LogP contribution in [0.2, 0.25) is 0 Å². The van der Waals surface area contributed by atoms with Crippen molar-refractivity contribution < 1.29 is 32.9 Å². The number of benzene rings is 3. The predicted molar refractivity (Wildman–Crippen MR) is 154 cm³/mol. The van der Waals surface area contributed by atoms with Crippen molar-refractivity contribution in [3.63, 3.8) is 0 Å². The number of ether oxygens (including phenoxy) is 4. The molecular formula is C34H29FO6. The molecule has 0 aromatic heterocycles. The Hall–Kier alpha value is -5.27. The lowest BCUT2D eigenvalue weighted by Gasteiger charge is -2.08. The molecule has 3 aromatic rings. The Morgan fingerprint density at radius 1 is 0.683 bits per heavy atom. The van der Waals surface area contributed by atoms with Gasteiger partial charge in [-0.25, -0.2) is 14.0 Å². The first-order valence-corrected chi connectivity index (χ1v) is 12.7. The first kappa shape index (κ1) is 30.3. The molecule has 41 heavy (non-hydrogen) atoms. The Morgan fingerprint density at radius 3 is 1.95 bits per heavy atom. The van der Waals surface area contributed by atoms with Crippen molar-refractivity contribution in [3.05, 3.63) is 119 Å². The van der Waals surface area contributed by atoms with Crippen LogP contribution in [0.25, 0.3) is 0 Å². The Morgan fingerprint density at radius 2 is 1.29 bits per heavy atom. The van der Waals surface area contributed by atoms with Gasteiger partial charge >= 0.3 is 11.9 Å². The lowest BCUT2D eigenvalue weighted by atomic mass is 10.1. The minimum atomic E-state index is -0.500. The van der Waals surface area contributed by atoms with E-state index in [0.29, 0.717) is 39.3 Å². The second-order valence-electron chi connectivity index (χ2n) is 8.75. The van der Waals surface area contributed by atoms with Gasteiger partial charge in [-0.2, -0.15) is 0 Å². The minimum Gasteiger partial charge on any atom is -0.490 e. The molecule has 0 atom stereocenters. The van der Waals surface area contributed by atoms with E-state index >= 15 is 0 Å². The lowest BCUT2D eigenvalue weighted by Crippen LogP contribution is -2.12. The summed E-state index contributed by atoms with van der Waals surface area (Å²) in [5.74, 6) is 11.3. The first-order chi connectivity index (χ1) is 19.7. The van der Waals surface area contributed by atoms with Gasteiger partial charge in [0, 0.05) is 22.3 Å². The topological polar surface area (TPSA) is 71.1 Å². The average Bonchev–Trinajstić information content (AvgIpc) is 2.96. The fraction of sp³-hybridized carbons (Fsp3) is 0.176. The molecule has 6 nitrogen and oxygen atoms in total. The van der Waals surface area contributed by atoms with Crippen LogP contribution in [-0.2, 0) is 19.1 Å². The highest BCUT2D eigenvalue weighted by Crippen LogP contribution is 2.18. The van der Waals surface area contributed by atoms with E-state index in [2.05, 4.69) is 36.8 Å². The summed E-state index contributed by atoms with van der Waals surface area (Å²) in [6.45, 7) is 10.7. The van der Waals surface area contributed by atoms with Crippen molar-refractivity contribution >= 4 is 11.9 Å². The van der Waals surface area contributed by atoms with Crippen molar-refractivity contribution in [2.75, 3.05) is 26.4 Å². The molecule has 7 heteroatoms. The summed E-state index contributed by atoms with van der Waals surface area (Å²) in [5.41, 5.74) is 2.58. The molecule has 0 saturated heterocycles. The summed E-state index contributed by atoms with van der Waals surface area (Å²) in [5, 5.41) is 0. The van der Waals surface area contributed by atoms with Crippen molar-refractivity contribution in [2.45, 2.75) is 13.8 Å². The van der Waals surface area contributed by atoms with Crippen LogP contribution in [0.3, 0.4) is 0 Å².